The van der Waals surface area contributed by atoms with Crippen LogP contribution in [0.3, 0.4) is 0 Å². The molecule has 3 saturated carbocycles. The number of nitrogens with one attached hydrogen (secondary N) is 1. The highest BCUT2D eigenvalue weighted by molar-refractivity contribution is 5.99. The number of fused-ring (bicyclic) bond motifs is 5. The standard InChI is InChI=1S/C30H45NO6/c1-17-13-22-20-10-9-18-14-19(33)15-23(34)29(18,8)21(20)11-12-28(22,7)30(17,24(35)16-32)37-25(36)31-27(5,6)26(2,3)4/h14-15,17,20-22,32-33H,9-13,16H2,1-8H3,(H,31,36)/t17?,20-,21+,22+,28+,29+,30+/m1/s1. The molecule has 0 bridgehead atoms. The molecule has 7 nitrogen and oxygen atoms in total. The van der Waals surface area contributed by atoms with Gasteiger partial charge in [0.05, 0.1) is 5.41 Å². The van der Waals surface area contributed by atoms with Crippen molar-refractivity contribution >= 4 is 17.7 Å². The molecule has 7 atom stereocenters. The van der Waals surface area contributed by atoms with Crippen LogP contribution in [0.5, 0.6) is 0 Å². The first-order valence-electron chi connectivity index (χ1n) is 13.8. The van der Waals surface area contributed by atoms with Gasteiger partial charge in [0, 0.05) is 22.9 Å². The van der Waals surface area contributed by atoms with Crippen LogP contribution in [-0.4, -0.2) is 45.6 Å². The van der Waals surface area contributed by atoms with Gasteiger partial charge in [-0.2, -0.15) is 0 Å². The number of Topliss-reactive ketones (excluding diaryl/α,β-unsaturated/α-hetero) is 1. The second-order valence-corrected chi connectivity index (χ2v) is 14.0. The Morgan fingerprint density at radius 1 is 1.11 bits per heavy atom. The van der Waals surface area contributed by atoms with E-state index in [9.17, 15) is 24.6 Å². The predicted octanol–water partition coefficient (Wildman–Crippen LogP) is 5.28. The molecule has 0 saturated heterocycles. The maximum atomic E-state index is 13.6. The zero-order valence-corrected chi connectivity index (χ0v) is 23.7. The fraction of sp³-hybridized carbons (Fsp3) is 0.767. The average Bonchev–Trinajstić information content (AvgIpc) is 3.00. The first kappa shape index (κ1) is 27.9. The van der Waals surface area contributed by atoms with Crippen LogP contribution >= 0.6 is 0 Å². The van der Waals surface area contributed by atoms with Crippen LogP contribution in [0.25, 0.3) is 0 Å². The minimum Gasteiger partial charge on any atom is -0.508 e. The Morgan fingerprint density at radius 2 is 1.76 bits per heavy atom. The Labute approximate surface area is 221 Å². The van der Waals surface area contributed by atoms with Crippen LogP contribution in [0, 0.1) is 39.9 Å². The number of carbonyl (C=O) groups is 3. The molecular formula is C30H45NO6. The van der Waals surface area contributed by atoms with Gasteiger partial charge in [-0.25, -0.2) is 4.79 Å². The molecule has 1 unspecified atom stereocenters. The zero-order valence-electron chi connectivity index (χ0n) is 23.7. The Kier molecular flexibility index (Phi) is 6.54. The molecule has 206 valence electrons. The lowest BCUT2D eigenvalue weighted by atomic mass is 9.46. The molecule has 3 fully saturated rings. The fourth-order valence-electron chi connectivity index (χ4n) is 8.22. The summed E-state index contributed by atoms with van der Waals surface area (Å²) >= 11 is 0. The molecule has 37 heavy (non-hydrogen) atoms. The third-order valence-corrected chi connectivity index (χ3v) is 11.3. The number of carbonyl (C=O) groups excluding carboxylic acids is 3. The molecule has 4 aliphatic carbocycles. The lowest BCUT2D eigenvalue weighted by Crippen LogP contribution is -2.63. The molecule has 0 spiro atoms. The summed E-state index contributed by atoms with van der Waals surface area (Å²) in [5, 5.41) is 23.2. The Hall–Kier alpha value is -2.15. The smallest absolute Gasteiger partial charge is 0.408 e. The van der Waals surface area contributed by atoms with Crippen LogP contribution in [0.1, 0.15) is 87.5 Å². The van der Waals surface area contributed by atoms with Crippen molar-refractivity contribution in [2.24, 2.45) is 39.9 Å². The predicted molar refractivity (Wildman–Crippen MR) is 141 cm³/mol. The van der Waals surface area contributed by atoms with Gasteiger partial charge >= 0.3 is 6.09 Å². The SMILES string of the molecule is CC1C[C@H]2[C@@H]3CCC4=CC(O)=CC(=O)[C@]4(C)[C@H]3CC[C@]2(C)[C@@]1(OC(=O)NC(C)(C)C(C)(C)C)C(=O)CO. The van der Waals surface area contributed by atoms with Crippen molar-refractivity contribution in [3.63, 3.8) is 0 Å². The number of rotatable bonds is 4. The summed E-state index contributed by atoms with van der Waals surface area (Å²) < 4.78 is 6.23. The van der Waals surface area contributed by atoms with Gasteiger partial charge in [-0.3, -0.25) is 9.59 Å². The lowest BCUT2D eigenvalue weighted by molar-refractivity contribution is -0.171. The molecule has 0 heterocycles. The van der Waals surface area contributed by atoms with E-state index >= 15 is 0 Å². The van der Waals surface area contributed by atoms with Gasteiger partial charge in [-0.1, -0.05) is 40.2 Å². The quantitative estimate of drug-likeness (QED) is 0.470. The summed E-state index contributed by atoms with van der Waals surface area (Å²) in [7, 11) is 0. The van der Waals surface area contributed by atoms with E-state index in [0.29, 0.717) is 25.7 Å². The van der Waals surface area contributed by atoms with Gasteiger partial charge in [0.1, 0.15) is 12.4 Å². The third-order valence-electron chi connectivity index (χ3n) is 11.3. The second-order valence-electron chi connectivity index (χ2n) is 14.0. The van der Waals surface area contributed by atoms with Gasteiger partial charge in [0.2, 0.25) is 5.78 Å². The van der Waals surface area contributed by atoms with Crippen molar-refractivity contribution < 1.29 is 29.3 Å². The molecule has 0 aliphatic heterocycles. The maximum Gasteiger partial charge on any atom is 0.408 e. The summed E-state index contributed by atoms with van der Waals surface area (Å²) in [4.78, 5) is 40.2. The Balaban J connectivity index is 1.70. The number of hydrogen-bond donors (Lipinski definition) is 3. The number of allylic oxidation sites excluding steroid dienone is 3. The lowest BCUT2D eigenvalue weighted by Gasteiger charge is -2.58. The van der Waals surface area contributed by atoms with Crippen molar-refractivity contribution in [2.45, 2.75) is 98.6 Å². The van der Waals surface area contributed by atoms with Gasteiger partial charge in [-0.05, 0) is 82.1 Å². The van der Waals surface area contributed by atoms with E-state index in [4.69, 9.17) is 4.74 Å². The first-order valence-corrected chi connectivity index (χ1v) is 13.8. The summed E-state index contributed by atoms with van der Waals surface area (Å²) in [5.41, 5.74) is -2.61. The normalized spacial score (nSPS) is 39.5. The number of ether oxygens (including phenoxy) is 1. The minimum atomic E-state index is -1.44. The first-order chi connectivity index (χ1) is 17.0. The average molecular weight is 516 g/mol. The van der Waals surface area contributed by atoms with Crippen molar-refractivity contribution in [2.75, 3.05) is 6.61 Å². The molecule has 0 aromatic heterocycles. The molecule has 3 N–H and O–H groups in total. The molecule has 7 heteroatoms. The molecular weight excluding hydrogens is 470 g/mol. The number of hydrogen-bond acceptors (Lipinski definition) is 6. The van der Waals surface area contributed by atoms with Crippen LogP contribution in [-0.2, 0) is 14.3 Å². The van der Waals surface area contributed by atoms with E-state index in [1.165, 1.54) is 6.08 Å². The number of aliphatic hydroxyl groups excluding tert-OH is 2. The summed E-state index contributed by atoms with van der Waals surface area (Å²) in [6, 6.07) is 0. The highest BCUT2D eigenvalue weighted by Crippen LogP contribution is 2.69. The van der Waals surface area contributed by atoms with E-state index in [0.717, 1.165) is 12.0 Å². The third kappa shape index (κ3) is 3.82. The molecule has 0 radical (unpaired) electrons. The zero-order chi connectivity index (χ0) is 27.8. The van der Waals surface area contributed by atoms with Crippen molar-refractivity contribution in [3.05, 3.63) is 23.5 Å². The van der Waals surface area contributed by atoms with Gasteiger partial charge in [0.15, 0.2) is 11.4 Å². The highest BCUT2D eigenvalue weighted by Gasteiger charge is 2.71. The summed E-state index contributed by atoms with van der Waals surface area (Å²) in [6.07, 6.45) is 6.03. The van der Waals surface area contributed by atoms with Gasteiger partial charge in [-0.15, -0.1) is 0 Å². The maximum absolute atomic E-state index is 13.6. The van der Waals surface area contributed by atoms with E-state index < -0.39 is 40.5 Å². The molecule has 0 aromatic rings. The molecule has 0 aromatic carbocycles. The Morgan fingerprint density at radius 3 is 2.35 bits per heavy atom. The highest BCUT2D eigenvalue weighted by atomic mass is 16.6. The number of aliphatic hydroxyl groups is 2. The Bertz CT molecular complexity index is 1070. The van der Waals surface area contributed by atoms with Crippen molar-refractivity contribution in [3.8, 4) is 0 Å². The van der Waals surface area contributed by atoms with Crippen molar-refractivity contribution in [1.29, 1.82) is 0 Å². The van der Waals surface area contributed by atoms with Gasteiger partial charge in [0.25, 0.3) is 0 Å². The molecule has 4 rings (SSSR count). The largest absolute Gasteiger partial charge is 0.508 e. The second kappa shape index (κ2) is 8.69. The number of alkyl carbamates (subject to hydrolysis) is 1. The van der Waals surface area contributed by atoms with E-state index in [1.807, 2.05) is 48.5 Å². The van der Waals surface area contributed by atoms with Crippen molar-refractivity contribution in [1.82, 2.24) is 5.32 Å². The summed E-state index contributed by atoms with van der Waals surface area (Å²) in [5.74, 6) is -0.432. The van der Waals surface area contributed by atoms with Crippen LogP contribution in [0.4, 0.5) is 4.79 Å². The van der Waals surface area contributed by atoms with E-state index in [1.54, 1.807) is 6.08 Å². The summed E-state index contributed by atoms with van der Waals surface area (Å²) in [6.45, 7) is 15.3. The van der Waals surface area contributed by atoms with Crippen LogP contribution in [0.15, 0.2) is 23.5 Å². The van der Waals surface area contributed by atoms with E-state index in [-0.39, 0.29) is 40.6 Å². The van der Waals surface area contributed by atoms with Crippen LogP contribution < -0.4 is 5.32 Å². The fourth-order valence-corrected chi connectivity index (χ4v) is 8.22. The minimum absolute atomic E-state index is 0.0243. The van der Waals surface area contributed by atoms with Crippen LogP contribution in [0.2, 0.25) is 0 Å². The molecule has 4 aliphatic rings. The van der Waals surface area contributed by atoms with E-state index in [2.05, 4.69) is 12.2 Å². The topological polar surface area (TPSA) is 113 Å². The molecule has 1 amide bonds. The number of ketones is 2. The monoisotopic (exact) mass is 515 g/mol. The number of amides is 1. The van der Waals surface area contributed by atoms with Gasteiger partial charge < -0.3 is 20.3 Å².